The van der Waals surface area contributed by atoms with Crippen LogP contribution in [-0.4, -0.2) is 23.8 Å². The number of rotatable bonds is 5. The molecule has 2 atom stereocenters. The van der Waals surface area contributed by atoms with Crippen LogP contribution in [0.1, 0.15) is 74.1 Å². The average Bonchev–Trinajstić information content (AvgIpc) is 3.40. The van der Waals surface area contributed by atoms with Crippen LogP contribution in [0.5, 0.6) is 0 Å². The predicted molar refractivity (Wildman–Crippen MR) is 111 cm³/mol. The Labute approximate surface area is 159 Å². The molecule has 2 aliphatic heterocycles. The van der Waals surface area contributed by atoms with Crippen molar-refractivity contribution in [3.8, 4) is 0 Å². The molecule has 4 nitrogen and oxygen atoms in total. The van der Waals surface area contributed by atoms with E-state index in [1.165, 1.54) is 29.9 Å². The molecule has 0 radical (unpaired) electrons. The van der Waals surface area contributed by atoms with Gasteiger partial charge >= 0.3 is 0 Å². The van der Waals surface area contributed by atoms with Crippen molar-refractivity contribution >= 4 is 11.7 Å². The highest BCUT2D eigenvalue weighted by atomic mass is 15.1. The fourth-order valence-corrected chi connectivity index (χ4v) is 3.98. The van der Waals surface area contributed by atoms with Gasteiger partial charge in [0, 0.05) is 24.2 Å². The number of amidine groups is 2. The number of nitrogens with one attached hydrogen (secondary N) is 2. The number of hydrogen-bond acceptors (Lipinski definition) is 4. The third kappa shape index (κ3) is 4.05. The molecule has 0 amide bonds. The second-order valence-electron chi connectivity index (χ2n) is 9.90. The van der Waals surface area contributed by atoms with Gasteiger partial charge in [0.1, 0.15) is 11.7 Å². The molecular weight excluding hydrogens is 320 g/mol. The van der Waals surface area contributed by atoms with Crippen LogP contribution in [-0.2, 0) is 0 Å². The van der Waals surface area contributed by atoms with Gasteiger partial charge in [0.15, 0.2) is 0 Å². The lowest BCUT2D eigenvalue weighted by atomic mass is 9.75. The number of nitrogens with zero attached hydrogens (tertiary/aromatic N) is 2. The van der Waals surface area contributed by atoms with Gasteiger partial charge in [-0.1, -0.05) is 41.5 Å². The maximum absolute atomic E-state index is 4.99. The lowest BCUT2D eigenvalue weighted by Gasteiger charge is -2.40. The summed E-state index contributed by atoms with van der Waals surface area (Å²) in [5.41, 5.74) is 2.89. The van der Waals surface area contributed by atoms with Crippen LogP contribution in [0.3, 0.4) is 0 Å². The lowest BCUT2D eigenvalue weighted by molar-refractivity contribution is 0.287. The van der Waals surface area contributed by atoms with Gasteiger partial charge in [-0.05, 0) is 48.7 Å². The minimum atomic E-state index is 0.0747. The molecule has 2 unspecified atom stereocenters. The minimum absolute atomic E-state index is 0.0747. The van der Waals surface area contributed by atoms with Crippen LogP contribution in [0.25, 0.3) is 0 Å². The van der Waals surface area contributed by atoms with Crippen molar-refractivity contribution in [1.82, 2.24) is 10.6 Å². The van der Waals surface area contributed by atoms with E-state index in [1.807, 2.05) is 6.20 Å². The molecule has 0 spiro atoms. The molecule has 1 saturated carbocycles. The average molecular weight is 357 g/mol. The molecule has 144 valence electrons. The zero-order valence-electron chi connectivity index (χ0n) is 17.6. The summed E-state index contributed by atoms with van der Waals surface area (Å²) in [7, 11) is 0. The Morgan fingerprint density at radius 2 is 1.81 bits per heavy atom. The minimum Gasteiger partial charge on any atom is -0.366 e. The normalized spacial score (nSPS) is 26.9. The van der Waals surface area contributed by atoms with Gasteiger partial charge in [-0.15, -0.1) is 0 Å². The highest BCUT2D eigenvalue weighted by Gasteiger charge is 2.37. The van der Waals surface area contributed by atoms with Crippen molar-refractivity contribution in [2.45, 2.75) is 86.2 Å². The standard InChI is InChI=1S/C22H36N4/c1-8-18-24-16(14(2)19(26-18)21(3,4)5)13-22(6,7)17-11-12-23-20(25-17)15-9-10-15/h11-12,15,17,19H,8-10,13H2,1-7H3,(H,23,25)(H,24,26). The molecule has 1 aliphatic carbocycles. The molecule has 2 heterocycles. The number of aliphatic imine (C=N–C) groups is 2. The van der Waals surface area contributed by atoms with Crippen LogP contribution >= 0.6 is 0 Å². The summed E-state index contributed by atoms with van der Waals surface area (Å²) in [5, 5.41) is 7.37. The van der Waals surface area contributed by atoms with E-state index in [0.29, 0.717) is 18.0 Å². The van der Waals surface area contributed by atoms with Crippen LogP contribution < -0.4 is 10.6 Å². The molecule has 0 aromatic rings. The summed E-state index contributed by atoms with van der Waals surface area (Å²) in [6.07, 6.45) is 8.69. The van der Waals surface area contributed by atoms with Crippen LogP contribution in [0.15, 0.2) is 33.5 Å². The molecule has 0 bridgehead atoms. The van der Waals surface area contributed by atoms with Crippen molar-refractivity contribution in [3.63, 3.8) is 0 Å². The first kappa shape index (κ1) is 19.2. The van der Waals surface area contributed by atoms with E-state index in [9.17, 15) is 0 Å². The Hall–Kier alpha value is -1.58. The first-order valence-electron chi connectivity index (χ1n) is 10.2. The third-order valence-electron chi connectivity index (χ3n) is 5.89. The van der Waals surface area contributed by atoms with Crippen molar-refractivity contribution in [3.05, 3.63) is 23.5 Å². The third-order valence-corrected chi connectivity index (χ3v) is 5.89. The van der Waals surface area contributed by atoms with Gasteiger partial charge in [0.05, 0.1) is 12.1 Å². The summed E-state index contributed by atoms with van der Waals surface area (Å²) in [4.78, 5) is 9.56. The Kier molecular flexibility index (Phi) is 5.06. The Balaban J connectivity index is 1.81. The zero-order valence-corrected chi connectivity index (χ0v) is 17.6. The van der Waals surface area contributed by atoms with Gasteiger partial charge in [-0.25, -0.2) is 9.98 Å². The molecule has 0 aromatic heterocycles. The second-order valence-corrected chi connectivity index (χ2v) is 9.90. The highest BCUT2D eigenvalue weighted by molar-refractivity contribution is 5.88. The predicted octanol–water partition coefficient (Wildman–Crippen LogP) is 4.80. The lowest BCUT2D eigenvalue weighted by Crippen LogP contribution is -2.48. The summed E-state index contributed by atoms with van der Waals surface area (Å²) in [6, 6.07) is 0.651. The number of hydrogen-bond donors (Lipinski definition) is 2. The van der Waals surface area contributed by atoms with Crippen molar-refractivity contribution in [1.29, 1.82) is 0 Å². The summed E-state index contributed by atoms with van der Waals surface area (Å²) < 4.78 is 0. The molecule has 0 aromatic carbocycles. The van der Waals surface area contributed by atoms with Gasteiger partial charge < -0.3 is 10.6 Å². The van der Waals surface area contributed by atoms with E-state index in [0.717, 1.165) is 18.7 Å². The summed E-state index contributed by atoms with van der Waals surface area (Å²) in [6.45, 7) is 16.0. The largest absolute Gasteiger partial charge is 0.366 e. The first-order valence-corrected chi connectivity index (χ1v) is 10.2. The van der Waals surface area contributed by atoms with Crippen molar-refractivity contribution in [2.24, 2.45) is 26.7 Å². The SMILES string of the molecule is CCC1=NC(CC(C)(C)C2C=CN=C(C3CC3)N2)=C(C)C(C(C)(C)C)N1. The van der Waals surface area contributed by atoms with E-state index in [2.05, 4.69) is 70.2 Å². The molecule has 1 fully saturated rings. The Morgan fingerprint density at radius 1 is 1.12 bits per heavy atom. The van der Waals surface area contributed by atoms with Gasteiger partial charge in [0.2, 0.25) is 0 Å². The molecule has 4 heteroatoms. The quantitative estimate of drug-likeness (QED) is 0.743. The fraction of sp³-hybridized carbons (Fsp3) is 0.727. The van der Waals surface area contributed by atoms with Crippen LogP contribution in [0.4, 0.5) is 0 Å². The Bertz CT molecular complexity index is 669. The highest BCUT2D eigenvalue weighted by Crippen LogP contribution is 2.38. The van der Waals surface area contributed by atoms with Crippen LogP contribution in [0, 0.1) is 16.7 Å². The fourth-order valence-electron chi connectivity index (χ4n) is 3.98. The molecule has 3 aliphatic rings. The molecule has 0 saturated heterocycles. The zero-order chi connectivity index (χ0) is 19.1. The van der Waals surface area contributed by atoms with Gasteiger partial charge in [-0.3, -0.25) is 0 Å². The van der Waals surface area contributed by atoms with Crippen LogP contribution in [0.2, 0.25) is 0 Å². The Morgan fingerprint density at radius 3 is 2.38 bits per heavy atom. The monoisotopic (exact) mass is 356 g/mol. The van der Waals surface area contributed by atoms with E-state index in [1.54, 1.807) is 0 Å². The van der Waals surface area contributed by atoms with E-state index in [4.69, 9.17) is 4.99 Å². The molecular formula is C22H36N4. The molecule has 2 N–H and O–H groups in total. The number of allylic oxidation sites excluding steroid dienone is 1. The summed E-state index contributed by atoms with van der Waals surface area (Å²) in [5.74, 6) is 2.97. The van der Waals surface area contributed by atoms with E-state index >= 15 is 0 Å². The summed E-state index contributed by atoms with van der Waals surface area (Å²) >= 11 is 0. The first-order chi connectivity index (χ1) is 12.1. The van der Waals surface area contributed by atoms with E-state index < -0.39 is 0 Å². The molecule has 3 rings (SSSR count). The molecule has 26 heavy (non-hydrogen) atoms. The van der Waals surface area contributed by atoms with Crippen molar-refractivity contribution < 1.29 is 0 Å². The topological polar surface area (TPSA) is 48.8 Å². The van der Waals surface area contributed by atoms with Crippen molar-refractivity contribution in [2.75, 3.05) is 0 Å². The van der Waals surface area contributed by atoms with Gasteiger partial charge in [0.25, 0.3) is 0 Å². The van der Waals surface area contributed by atoms with Gasteiger partial charge in [-0.2, -0.15) is 0 Å². The smallest absolute Gasteiger partial charge is 0.105 e. The maximum Gasteiger partial charge on any atom is 0.105 e. The van der Waals surface area contributed by atoms with E-state index in [-0.39, 0.29) is 10.8 Å². The maximum atomic E-state index is 4.99. The second kappa shape index (κ2) is 6.86.